The number of nitrogens with zero attached hydrogens (tertiary/aromatic N) is 2. The number of furan rings is 1. The van der Waals surface area contributed by atoms with Gasteiger partial charge in [-0.25, -0.2) is 8.42 Å². The number of aromatic nitrogens is 2. The molecule has 0 atom stereocenters. The van der Waals surface area contributed by atoms with E-state index >= 15 is 0 Å². The first kappa shape index (κ1) is 14.3. The number of hydrogen-bond acceptors (Lipinski definition) is 5. The van der Waals surface area contributed by atoms with E-state index in [1.807, 2.05) is 0 Å². The first-order valence-electron chi connectivity index (χ1n) is 6.73. The summed E-state index contributed by atoms with van der Waals surface area (Å²) in [5.74, 6) is 0.595. The summed E-state index contributed by atoms with van der Waals surface area (Å²) in [6.45, 7) is 1.41. The summed E-state index contributed by atoms with van der Waals surface area (Å²) in [4.78, 5) is 0.0726. The topological polar surface area (TPSA) is 99.4 Å². The van der Waals surface area contributed by atoms with Crippen molar-refractivity contribution in [3.8, 4) is 0 Å². The lowest BCUT2D eigenvalue weighted by atomic mass is 10.4. The third kappa shape index (κ3) is 2.61. The average Bonchev–Trinajstić information content (AvgIpc) is 3.00. The second-order valence-electron chi connectivity index (χ2n) is 5.14. The molecule has 7 nitrogen and oxygen atoms in total. The van der Waals surface area contributed by atoms with Gasteiger partial charge in [0.2, 0.25) is 10.0 Å². The van der Waals surface area contributed by atoms with Crippen LogP contribution < -0.4 is 0 Å². The van der Waals surface area contributed by atoms with Crippen LogP contribution >= 0.6 is 0 Å². The van der Waals surface area contributed by atoms with Crippen LogP contribution in [0.2, 0.25) is 0 Å². The Kier molecular flexibility index (Phi) is 3.60. The molecule has 1 aliphatic rings. The normalized spacial score (nSPS) is 15.8. The minimum atomic E-state index is -3.72. The Labute approximate surface area is 122 Å². The number of sulfonamides is 1. The second-order valence-corrected chi connectivity index (χ2v) is 6.97. The highest BCUT2D eigenvalue weighted by atomic mass is 32.2. The molecule has 2 aromatic rings. The number of nitrogens with one attached hydrogen (secondary N) is 1. The van der Waals surface area contributed by atoms with Crippen molar-refractivity contribution >= 4 is 10.0 Å². The Morgan fingerprint density at radius 3 is 2.86 bits per heavy atom. The molecular formula is C13H17N3O4S. The van der Waals surface area contributed by atoms with E-state index in [-0.39, 0.29) is 23.2 Å². The minimum absolute atomic E-state index is 0.0130. The maximum atomic E-state index is 12.9. The van der Waals surface area contributed by atoms with Crippen LogP contribution in [0.3, 0.4) is 0 Å². The summed E-state index contributed by atoms with van der Waals surface area (Å²) in [6.07, 6.45) is 3.20. The molecule has 114 valence electrons. The van der Waals surface area contributed by atoms with Gasteiger partial charge in [-0.1, -0.05) is 0 Å². The van der Waals surface area contributed by atoms with E-state index in [4.69, 9.17) is 4.42 Å². The van der Waals surface area contributed by atoms with Crippen LogP contribution in [0.25, 0.3) is 0 Å². The Hall–Kier alpha value is -1.64. The first-order valence-corrected chi connectivity index (χ1v) is 8.17. The summed E-state index contributed by atoms with van der Waals surface area (Å²) >= 11 is 0. The van der Waals surface area contributed by atoms with Crippen LogP contribution in [-0.4, -0.2) is 34.1 Å². The zero-order valence-corrected chi connectivity index (χ0v) is 12.4. The molecule has 0 unspecified atom stereocenters. The molecule has 2 heterocycles. The molecule has 1 aliphatic carbocycles. The molecule has 0 bridgehead atoms. The second kappa shape index (κ2) is 5.28. The molecule has 0 spiro atoms. The highest BCUT2D eigenvalue weighted by molar-refractivity contribution is 7.89. The molecule has 0 aromatic carbocycles. The van der Waals surface area contributed by atoms with Crippen LogP contribution in [0.15, 0.2) is 27.7 Å². The summed E-state index contributed by atoms with van der Waals surface area (Å²) in [6, 6.07) is 3.47. The smallest absolute Gasteiger partial charge is 0.247 e. The molecular weight excluding hydrogens is 294 g/mol. The minimum Gasteiger partial charge on any atom is -0.468 e. The number of aromatic amines is 1. The van der Waals surface area contributed by atoms with Gasteiger partial charge < -0.3 is 9.52 Å². The van der Waals surface area contributed by atoms with Crippen molar-refractivity contribution in [1.29, 1.82) is 0 Å². The SMILES string of the molecule is Cc1[nH]nc(CO)c1S(=O)(=O)N(Cc1ccco1)C1CC1. The van der Waals surface area contributed by atoms with Gasteiger partial charge in [-0.2, -0.15) is 9.40 Å². The third-order valence-electron chi connectivity index (χ3n) is 3.52. The Balaban J connectivity index is 1.99. The summed E-state index contributed by atoms with van der Waals surface area (Å²) in [5.41, 5.74) is 0.585. The monoisotopic (exact) mass is 311 g/mol. The summed E-state index contributed by atoms with van der Waals surface area (Å²) in [7, 11) is -3.72. The van der Waals surface area contributed by atoms with Gasteiger partial charge in [-0.15, -0.1) is 0 Å². The van der Waals surface area contributed by atoms with E-state index in [0.717, 1.165) is 12.8 Å². The number of aryl methyl sites for hydroxylation is 1. The molecule has 0 radical (unpaired) electrons. The number of rotatable bonds is 6. The fourth-order valence-electron chi connectivity index (χ4n) is 2.37. The van der Waals surface area contributed by atoms with E-state index in [1.165, 1.54) is 10.6 Å². The number of hydrogen-bond donors (Lipinski definition) is 2. The largest absolute Gasteiger partial charge is 0.468 e. The average molecular weight is 311 g/mol. The zero-order valence-electron chi connectivity index (χ0n) is 11.6. The predicted molar refractivity (Wildman–Crippen MR) is 73.7 cm³/mol. The molecule has 1 saturated carbocycles. The molecule has 0 aliphatic heterocycles. The van der Waals surface area contributed by atoms with E-state index in [2.05, 4.69) is 10.2 Å². The molecule has 2 N–H and O–H groups in total. The van der Waals surface area contributed by atoms with Crippen LogP contribution in [0.5, 0.6) is 0 Å². The lowest BCUT2D eigenvalue weighted by molar-refractivity contribution is 0.272. The molecule has 0 amide bonds. The van der Waals surface area contributed by atoms with Crippen LogP contribution in [0.1, 0.15) is 30.0 Å². The lowest BCUT2D eigenvalue weighted by Crippen LogP contribution is -2.33. The highest BCUT2D eigenvalue weighted by Gasteiger charge is 2.40. The van der Waals surface area contributed by atoms with Gasteiger partial charge in [0, 0.05) is 6.04 Å². The van der Waals surface area contributed by atoms with Gasteiger partial charge in [-0.05, 0) is 31.9 Å². The molecule has 21 heavy (non-hydrogen) atoms. The highest BCUT2D eigenvalue weighted by Crippen LogP contribution is 2.35. The van der Waals surface area contributed by atoms with Gasteiger partial charge in [-0.3, -0.25) is 5.10 Å². The van der Waals surface area contributed by atoms with Gasteiger partial charge >= 0.3 is 0 Å². The molecule has 3 rings (SSSR count). The summed E-state index contributed by atoms with van der Waals surface area (Å²) in [5, 5.41) is 15.8. The fourth-order valence-corrected chi connectivity index (χ4v) is 4.34. The maximum absolute atomic E-state index is 12.9. The van der Waals surface area contributed by atoms with Gasteiger partial charge in [0.05, 0.1) is 25.1 Å². The van der Waals surface area contributed by atoms with Crippen molar-refractivity contribution in [3.63, 3.8) is 0 Å². The molecule has 2 aromatic heterocycles. The Morgan fingerprint density at radius 2 is 2.29 bits per heavy atom. The standard InChI is InChI=1S/C13H17N3O4S/c1-9-13(12(8-17)15-14-9)21(18,19)16(10-4-5-10)7-11-3-2-6-20-11/h2-3,6,10,17H,4-5,7-8H2,1H3,(H,14,15). The molecule has 1 fully saturated rings. The van der Waals surface area contributed by atoms with Gasteiger partial charge in [0.1, 0.15) is 16.3 Å². The van der Waals surface area contributed by atoms with Crippen LogP contribution in [0.4, 0.5) is 0 Å². The van der Waals surface area contributed by atoms with Crippen LogP contribution in [0, 0.1) is 6.92 Å². The molecule has 8 heteroatoms. The van der Waals surface area contributed by atoms with Crippen LogP contribution in [-0.2, 0) is 23.2 Å². The number of aliphatic hydroxyl groups is 1. The van der Waals surface area contributed by atoms with E-state index in [1.54, 1.807) is 19.1 Å². The zero-order chi connectivity index (χ0) is 15.0. The summed E-state index contributed by atoms with van der Waals surface area (Å²) < 4.78 is 32.5. The lowest BCUT2D eigenvalue weighted by Gasteiger charge is -2.21. The van der Waals surface area contributed by atoms with Gasteiger partial charge in [0.15, 0.2) is 0 Å². The number of aliphatic hydroxyl groups excluding tert-OH is 1. The predicted octanol–water partition coefficient (Wildman–Crippen LogP) is 1.16. The Morgan fingerprint density at radius 1 is 1.52 bits per heavy atom. The van der Waals surface area contributed by atoms with Crippen molar-refractivity contribution in [2.45, 2.75) is 43.9 Å². The van der Waals surface area contributed by atoms with E-state index in [9.17, 15) is 13.5 Å². The van der Waals surface area contributed by atoms with E-state index < -0.39 is 16.6 Å². The van der Waals surface area contributed by atoms with Crippen molar-refractivity contribution in [1.82, 2.24) is 14.5 Å². The maximum Gasteiger partial charge on any atom is 0.247 e. The Bertz CT molecular complexity index is 717. The van der Waals surface area contributed by atoms with Crippen molar-refractivity contribution in [2.75, 3.05) is 0 Å². The van der Waals surface area contributed by atoms with E-state index in [0.29, 0.717) is 11.5 Å². The fraction of sp³-hybridized carbons (Fsp3) is 0.462. The molecule has 0 saturated heterocycles. The van der Waals surface area contributed by atoms with Crippen molar-refractivity contribution < 1.29 is 17.9 Å². The van der Waals surface area contributed by atoms with Gasteiger partial charge in [0.25, 0.3) is 0 Å². The van der Waals surface area contributed by atoms with Crippen molar-refractivity contribution in [2.24, 2.45) is 0 Å². The first-order chi connectivity index (χ1) is 10.0. The quantitative estimate of drug-likeness (QED) is 0.834. The third-order valence-corrected chi connectivity index (χ3v) is 5.63. The number of H-pyrrole nitrogens is 1. The van der Waals surface area contributed by atoms with Crippen molar-refractivity contribution in [3.05, 3.63) is 35.5 Å².